The van der Waals surface area contributed by atoms with E-state index < -0.39 is 0 Å². The average molecular weight is 299 g/mol. The fraction of sp³-hybridized carbons (Fsp3) is 0.316. The molecule has 1 unspecified atom stereocenters. The number of methoxy groups -OCH3 is 1. The zero-order valence-electron chi connectivity index (χ0n) is 13.8. The number of aromatic hydroxyl groups is 1. The summed E-state index contributed by atoms with van der Waals surface area (Å²) in [6.45, 7) is 10.1. The molecule has 2 rings (SSSR count). The number of allylic oxidation sites excluding steroid dienone is 1. The van der Waals surface area contributed by atoms with Crippen LogP contribution in [0.5, 0.6) is 11.5 Å². The molecule has 22 heavy (non-hydrogen) atoms. The van der Waals surface area contributed by atoms with Gasteiger partial charge in [-0.2, -0.15) is 0 Å². The van der Waals surface area contributed by atoms with Crippen molar-refractivity contribution in [2.75, 3.05) is 7.11 Å². The Kier molecular flexibility index (Phi) is 7.17. The van der Waals surface area contributed by atoms with E-state index in [1.807, 2.05) is 39.0 Å². The Bertz CT molecular complexity index is 594. The van der Waals surface area contributed by atoms with Gasteiger partial charge in [-0.05, 0) is 48.7 Å². The Morgan fingerprint density at radius 3 is 2.36 bits per heavy atom. The quantitative estimate of drug-likeness (QED) is 0.812. The molecule has 3 nitrogen and oxygen atoms in total. The minimum atomic E-state index is 0.167. The van der Waals surface area contributed by atoms with Crippen LogP contribution in [0.1, 0.15) is 37.8 Å². The summed E-state index contributed by atoms with van der Waals surface area (Å²) >= 11 is 0. The molecule has 0 bridgehead atoms. The number of phenols is 1. The van der Waals surface area contributed by atoms with E-state index in [1.165, 1.54) is 5.56 Å². The lowest BCUT2D eigenvalue weighted by Gasteiger charge is -2.18. The molecular formula is C19H25NO2. The SMILES string of the molecule is C=C(C)C(Cc1ccc(OC)c(O)c1)c1ccncc1.CC. The monoisotopic (exact) mass is 299 g/mol. The molecule has 0 aliphatic carbocycles. The maximum atomic E-state index is 9.86. The topological polar surface area (TPSA) is 42.4 Å². The first kappa shape index (κ1) is 17.8. The number of nitrogens with zero attached hydrogens (tertiary/aromatic N) is 1. The summed E-state index contributed by atoms with van der Waals surface area (Å²) in [7, 11) is 1.54. The second-order valence-corrected chi connectivity index (χ2v) is 4.89. The summed E-state index contributed by atoms with van der Waals surface area (Å²) < 4.78 is 5.06. The largest absolute Gasteiger partial charge is 0.504 e. The van der Waals surface area contributed by atoms with Gasteiger partial charge in [-0.15, -0.1) is 0 Å². The van der Waals surface area contributed by atoms with E-state index in [9.17, 15) is 5.11 Å². The molecule has 0 amide bonds. The van der Waals surface area contributed by atoms with Crippen LogP contribution in [0.3, 0.4) is 0 Å². The Labute approximate surface area is 133 Å². The van der Waals surface area contributed by atoms with Gasteiger partial charge in [0.25, 0.3) is 0 Å². The number of benzene rings is 1. The highest BCUT2D eigenvalue weighted by molar-refractivity contribution is 5.42. The van der Waals surface area contributed by atoms with Crippen LogP contribution in [0, 0.1) is 0 Å². The highest BCUT2D eigenvalue weighted by Gasteiger charge is 2.14. The van der Waals surface area contributed by atoms with Gasteiger partial charge in [-0.1, -0.05) is 32.1 Å². The minimum absolute atomic E-state index is 0.167. The zero-order valence-corrected chi connectivity index (χ0v) is 13.8. The molecule has 0 saturated carbocycles. The van der Waals surface area contributed by atoms with E-state index in [1.54, 1.807) is 31.6 Å². The van der Waals surface area contributed by atoms with Crippen molar-refractivity contribution in [1.82, 2.24) is 4.98 Å². The summed E-state index contributed by atoms with van der Waals surface area (Å²) in [5.41, 5.74) is 3.32. The van der Waals surface area contributed by atoms with Crippen molar-refractivity contribution in [3.63, 3.8) is 0 Å². The van der Waals surface area contributed by atoms with Crippen LogP contribution in [0.15, 0.2) is 54.9 Å². The van der Waals surface area contributed by atoms with Crippen LogP contribution in [-0.4, -0.2) is 17.2 Å². The van der Waals surface area contributed by atoms with E-state index in [4.69, 9.17) is 4.74 Å². The van der Waals surface area contributed by atoms with E-state index in [2.05, 4.69) is 11.6 Å². The number of pyridine rings is 1. The van der Waals surface area contributed by atoms with Gasteiger partial charge in [0.2, 0.25) is 0 Å². The van der Waals surface area contributed by atoms with Gasteiger partial charge in [0.05, 0.1) is 7.11 Å². The lowest BCUT2D eigenvalue weighted by molar-refractivity contribution is 0.373. The molecule has 0 radical (unpaired) electrons. The molecule has 1 atom stereocenters. The lowest BCUT2D eigenvalue weighted by Crippen LogP contribution is -2.04. The molecule has 0 spiro atoms. The molecule has 0 fully saturated rings. The van der Waals surface area contributed by atoms with E-state index in [0.29, 0.717) is 5.75 Å². The molecule has 3 heteroatoms. The maximum absolute atomic E-state index is 9.86. The summed E-state index contributed by atoms with van der Waals surface area (Å²) in [6.07, 6.45) is 4.37. The summed E-state index contributed by atoms with van der Waals surface area (Å²) in [5, 5.41) is 9.86. The summed E-state index contributed by atoms with van der Waals surface area (Å²) in [4.78, 5) is 4.04. The second kappa shape index (κ2) is 8.88. The lowest BCUT2D eigenvalue weighted by atomic mass is 9.87. The second-order valence-electron chi connectivity index (χ2n) is 4.89. The molecule has 1 aromatic heterocycles. The van der Waals surface area contributed by atoms with Crippen molar-refractivity contribution in [2.24, 2.45) is 0 Å². The first-order valence-electron chi connectivity index (χ1n) is 7.53. The number of rotatable bonds is 5. The van der Waals surface area contributed by atoms with E-state index in [0.717, 1.165) is 17.6 Å². The molecule has 0 saturated heterocycles. The van der Waals surface area contributed by atoms with Crippen molar-refractivity contribution in [3.8, 4) is 11.5 Å². The van der Waals surface area contributed by atoms with Gasteiger partial charge in [0.1, 0.15) is 0 Å². The van der Waals surface area contributed by atoms with Crippen molar-refractivity contribution in [1.29, 1.82) is 0 Å². The van der Waals surface area contributed by atoms with Crippen molar-refractivity contribution < 1.29 is 9.84 Å². The van der Waals surface area contributed by atoms with Crippen molar-refractivity contribution in [3.05, 3.63) is 66.0 Å². The highest BCUT2D eigenvalue weighted by atomic mass is 16.5. The Balaban J connectivity index is 0.00000116. The van der Waals surface area contributed by atoms with Gasteiger partial charge < -0.3 is 9.84 Å². The van der Waals surface area contributed by atoms with Crippen LogP contribution in [0.4, 0.5) is 0 Å². The van der Waals surface area contributed by atoms with Crippen LogP contribution in [-0.2, 0) is 6.42 Å². The predicted octanol–water partition coefficient (Wildman–Crippen LogP) is 4.72. The van der Waals surface area contributed by atoms with Crippen LogP contribution < -0.4 is 4.74 Å². The fourth-order valence-corrected chi connectivity index (χ4v) is 2.27. The summed E-state index contributed by atoms with van der Waals surface area (Å²) in [6, 6.07) is 9.50. The highest BCUT2D eigenvalue weighted by Crippen LogP contribution is 2.31. The van der Waals surface area contributed by atoms with Crippen LogP contribution in [0.2, 0.25) is 0 Å². The van der Waals surface area contributed by atoms with Crippen molar-refractivity contribution >= 4 is 0 Å². The minimum Gasteiger partial charge on any atom is -0.504 e. The van der Waals surface area contributed by atoms with Crippen LogP contribution >= 0.6 is 0 Å². The Morgan fingerprint density at radius 1 is 1.23 bits per heavy atom. The fourth-order valence-electron chi connectivity index (χ4n) is 2.27. The van der Waals surface area contributed by atoms with Gasteiger partial charge in [-0.3, -0.25) is 4.98 Å². The number of phenolic OH excluding ortho intramolecular Hbond substituents is 1. The molecule has 0 aliphatic heterocycles. The third-order valence-electron chi connectivity index (χ3n) is 3.39. The molecule has 1 aromatic carbocycles. The van der Waals surface area contributed by atoms with Gasteiger partial charge in [0.15, 0.2) is 11.5 Å². The predicted molar refractivity (Wildman–Crippen MR) is 91.5 cm³/mol. The van der Waals surface area contributed by atoms with Gasteiger partial charge >= 0.3 is 0 Å². The van der Waals surface area contributed by atoms with Gasteiger partial charge in [-0.25, -0.2) is 0 Å². The average Bonchev–Trinajstić information content (AvgIpc) is 2.55. The van der Waals surface area contributed by atoms with E-state index in [-0.39, 0.29) is 11.7 Å². The number of hydrogen-bond donors (Lipinski definition) is 1. The smallest absolute Gasteiger partial charge is 0.160 e. The summed E-state index contributed by atoms with van der Waals surface area (Å²) in [5.74, 6) is 0.871. The first-order chi connectivity index (χ1) is 10.6. The molecule has 118 valence electrons. The molecular weight excluding hydrogens is 274 g/mol. The number of ether oxygens (including phenoxy) is 1. The number of aromatic nitrogens is 1. The molecule has 1 N–H and O–H groups in total. The third kappa shape index (κ3) is 4.62. The van der Waals surface area contributed by atoms with Crippen LogP contribution in [0.25, 0.3) is 0 Å². The number of hydrogen-bond acceptors (Lipinski definition) is 3. The molecule has 1 heterocycles. The van der Waals surface area contributed by atoms with E-state index >= 15 is 0 Å². The maximum Gasteiger partial charge on any atom is 0.160 e. The Hall–Kier alpha value is -2.29. The molecule has 0 aliphatic rings. The van der Waals surface area contributed by atoms with Gasteiger partial charge in [0, 0.05) is 18.3 Å². The van der Waals surface area contributed by atoms with Crippen molar-refractivity contribution in [2.45, 2.75) is 33.1 Å². The standard InChI is InChI=1S/C17H19NO2.C2H6/c1-12(2)15(14-6-8-18-9-7-14)10-13-4-5-17(20-3)16(19)11-13;1-2/h4-9,11,15,19H,1,10H2,2-3H3;1-2H3. The normalized spacial score (nSPS) is 11.1. The first-order valence-corrected chi connectivity index (χ1v) is 7.53. The molecule has 2 aromatic rings. The third-order valence-corrected chi connectivity index (χ3v) is 3.39. The Morgan fingerprint density at radius 2 is 1.86 bits per heavy atom. The zero-order chi connectivity index (χ0) is 16.5.